The molecule has 0 spiro atoms. The van der Waals surface area contributed by atoms with Crippen molar-refractivity contribution in [2.45, 2.75) is 51.4 Å². The fraction of sp³-hybridized carbons (Fsp3) is 0.471. The highest BCUT2D eigenvalue weighted by atomic mass is 79.9. The first-order valence-electron chi connectivity index (χ1n) is 15.5. The van der Waals surface area contributed by atoms with E-state index in [-0.39, 0.29) is 57.1 Å². The van der Waals surface area contributed by atoms with Crippen LogP contribution in [0.3, 0.4) is 0 Å². The standard InChI is InChI=1S/C10H20N2O4.4C6H8NO.2BrH/c1-11(9(13)14)7-5-3-4-6-8-12(2)10(15)16;4*1-7-4-2-3-6(8)5-7;;/h3-8H2,1-2H3,(H,13,14)(H,15,16);4*2,4-5H,3H2,1H3;2*1H/q;4*+1;;/p-4. The summed E-state index contributed by atoms with van der Waals surface area (Å²) in [6.45, 7) is 0.914. The number of amides is 2. The van der Waals surface area contributed by atoms with Crippen molar-refractivity contribution >= 4 is 60.2 Å². The third-order valence-corrected chi connectivity index (χ3v) is 6.39. The van der Waals surface area contributed by atoms with Crippen LogP contribution in [0.4, 0.5) is 9.59 Å². The van der Waals surface area contributed by atoms with Gasteiger partial charge in [0, 0.05) is 52.9 Å². The molecule has 0 unspecified atom stereocenters. The van der Waals surface area contributed by atoms with E-state index in [2.05, 4.69) is 0 Å². The molecule has 4 rings (SSSR count). The molecule has 0 aromatic heterocycles. The average molecular weight is 831 g/mol. The molecule has 16 heteroatoms. The third kappa shape index (κ3) is 28.8. The Kier molecular flexibility index (Phi) is 29.8. The van der Waals surface area contributed by atoms with Crippen molar-refractivity contribution in [3.05, 3.63) is 49.1 Å². The first kappa shape index (κ1) is 50.2. The zero-order valence-corrected chi connectivity index (χ0v) is 32.9. The number of carboxylic acid groups (broad SMARTS) is 2. The van der Waals surface area contributed by atoms with Gasteiger partial charge in [0.15, 0.2) is 24.8 Å². The maximum atomic E-state index is 10.5. The molecule has 0 N–H and O–H groups in total. The molecule has 278 valence electrons. The largest absolute Gasteiger partial charge is 1.00 e. The van der Waals surface area contributed by atoms with Crippen LogP contribution < -0.4 is 44.2 Å². The molecule has 50 heavy (non-hydrogen) atoms. The Hall–Kier alpha value is -4.18. The number of allylic oxidation sites excluding steroid dienone is 4. The number of nitrogens with zero attached hydrogens (tertiary/aromatic N) is 6. The molecule has 0 saturated heterocycles. The van der Waals surface area contributed by atoms with Gasteiger partial charge >= 0.3 is 0 Å². The Morgan fingerprint density at radius 3 is 0.880 bits per heavy atom. The van der Waals surface area contributed by atoms with Gasteiger partial charge in [-0.15, -0.1) is 0 Å². The second kappa shape index (κ2) is 29.7. The topological polar surface area (TPSA) is 167 Å². The zero-order valence-electron chi connectivity index (χ0n) is 29.7. The van der Waals surface area contributed by atoms with Crippen LogP contribution in [0.5, 0.6) is 0 Å². The molecular weight excluding hydrogens is 780 g/mol. The van der Waals surface area contributed by atoms with Crippen LogP contribution in [0.15, 0.2) is 49.1 Å². The van der Waals surface area contributed by atoms with Gasteiger partial charge in [-0.05, 0) is 37.1 Å². The Balaban J connectivity index is -0.000000565. The van der Waals surface area contributed by atoms with Crippen LogP contribution >= 0.6 is 0 Å². The predicted molar refractivity (Wildman–Crippen MR) is 179 cm³/mol. The van der Waals surface area contributed by atoms with Crippen LogP contribution in [0.1, 0.15) is 51.4 Å². The van der Waals surface area contributed by atoms with E-state index in [1.54, 1.807) is 43.2 Å². The van der Waals surface area contributed by atoms with Crippen LogP contribution in [-0.4, -0.2) is 144 Å². The first-order chi connectivity index (χ1) is 22.6. The molecule has 14 nitrogen and oxygen atoms in total. The van der Waals surface area contributed by atoms with Crippen molar-refractivity contribution in [1.82, 2.24) is 9.80 Å². The van der Waals surface area contributed by atoms with E-state index in [4.69, 9.17) is 0 Å². The lowest BCUT2D eigenvalue weighted by Gasteiger charge is -2.20. The molecule has 4 aliphatic rings. The van der Waals surface area contributed by atoms with Crippen molar-refractivity contribution in [3.63, 3.8) is 0 Å². The molecule has 0 aromatic rings. The minimum Gasteiger partial charge on any atom is -1.00 e. The summed E-state index contributed by atoms with van der Waals surface area (Å²) in [6.07, 6.45) is 24.4. The van der Waals surface area contributed by atoms with Crippen molar-refractivity contribution in [3.8, 4) is 0 Å². The molecule has 0 aliphatic carbocycles. The van der Waals surface area contributed by atoms with E-state index in [1.807, 2.05) is 77.3 Å². The summed E-state index contributed by atoms with van der Waals surface area (Å²) in [6, 6.07) is 0. The van der Waals surface area contributed by atoms with E-state index in [9.17, 15) is 39.0 Å². The SMILES string of the molecule is CN(CCCCCCN(C)C(=O)[O-])C(=O)[O-].C[N+]1=CC(=O)CC=C1.C[N+]1=CC(=O)CC=C1.C[N+]1=CC(=O)CC=C1.C[N+]1=CC(=O)CC=C1.[Br-].[Br-]. The molecular formula is C34H50Br2N6O8. The fourth-order valence-electron chi connectivity index (χ4n) is 3.87. The monoisotopic (exact) mass is 828 g/mol. The first-order valence-corrected chi connectivity index (χ1v) is 15.5. The fourth-order valence-corrected chi connectivity index (χ4v) is 3.87. The average Bonchev–Trinajstić information content (AvgIpc) is 2.99. The van der Waals surface area contributed by atoms with E-state index >= 15 is 0 Å². The van der Waals surface area contributed by atoms with Gasteiger partial charge in [0.25, 0.3) is 0 Å². The summed E-state index contributed by atoms with van der Waals surface area (Å²) < 4.78 is 7.02. The van der Waals surface area contributed by atoms with Gasteiger partial charge in [-0.25, -0.2) is 18.3 Å². The molecule has 0 radical (unpaired) electrons. The number of carbonyl (C=O) groups is 6. The third-order valence-electron chi connectivity index (χ3n) is 6.39. The smallest absolute Gasteiger partial charge is 0.222 e. The van der Waals surface area contributed by atoms with E-state index in [0.717, 1.165) is 35.5 Å². The number of ketones is 4. The zero-order chi connectivity index (χ0) is 36.5. The Morgan fingerprint density at radius 1 is 0.520 bits per heavy atom. The molecule has 0 fully saturated rings. The summed E-state index contributed by atoms with van der Waals surface area (Å²) >= 11 is 0. The Labute approximate surface area is 316 Å². The predicted octanol–water partition coefficient (Wildman–Crippen LogP) is -6.15. The molecule has 0 aromatic carbocycles. The summed E-state index contributed by atoms with van der Waals surface area (Å²) in [5, 5.41) is 20.6. The number of Topliss-reactive ketones (excluding diaryl/α,β-unsaturated/α-hetero) is 4. The maximum Gasteiger partial charge on any atom is 0.222 e. The summed E-state index contributed by atoms with van der Waals surface area (Å²) in [4.78, 5) is 65.0. The van der Waals surface area contributed by atoms with E-state index in [0.29, 0.717) is 38.8 Å². The lowest BCUT2D eigenvalue weighted by molar-refractivity contribution is -0.417. The van der Waals surface area contributed by atoms with Crippen LogP contribution in [0, 0.1) is 0 Å². The van der Waals surface area contributed by atoms with Crippen molar-refractivity contribution in [2.75, 3.05) is 55.4 Å². The highest BCUT2D eigenvalue weighted by Crippen LogP contribution is 2.02. The summed E-state index contributed by atoms with van der Waals surface area (Å²) in [7, 11) is 10.3. The van der Waals surface area contributed by atoms with Crippen molar-refractivity contribution in [1.29, 1.82) is 0 Å². The van der Waals surface area contributed by atoms with Gasteiger partial charge in [0.2, 0.25) is 48.0 Å². The lowest BCUT2D eigenvalue weighted by atomic mass is 10.2. The second-order valence-corrected chi connectivity index (χ2v) is 11.2. The molecule has 2 amide bonds. The van der Waals surface area contributed by atoms with Crippen LogP contribution in [-0.2, 0) is 19.2 Å². The van der Waals surface area contributed by atoms with Gasteiger partial charge in [0.05, 0.1) is 0 Å². The van der Waals surface area contributed by atoms with Gasteiger partial charge in [-0.1, -0.05) is 12.8 Å². The number of unbranched alkanes of at least 4 members (excludes halogenated alkanes) is 3. The number of rotatable bonds is 7. The van der Waals surface area contributed by atoms with Gasteiger partial charge in [-0.3, -0.25) is 19.2 Å². The minimum atomic E-state index is -1.17. The molecule has 4 heterocycles. The van der Waals surface area contributed by atoms with E-state index < -0.39 is 12.2 Å². The van der Waals surface area contributed by atoms with E-state index in [1.165, 1.54) is 14.1 Å². The number of halogens is 2. The molecule has 0 atom stereocenters. The van der Waals surface area contributed by atoms with Crippen molar-refractivity contribution < 1.29 is 91.2 Å². The number of hydrogen-bond acceptors (Lipinski definition) is 8. The van der Waals surface area contributed by atoms with Gasteiger partial charge < -0.3 is 63.6 Å². The minimum absolute atomic E-state index is 0. The number of carbonyl (C=O) groups excluding carboxylic acids is 6. The summed E-state index contributed by atoms with van der Waals surface area (Å²) in [5.74, 6) is 0.704. The molecule has 0 saturated carbocycles. The quantitative estimate of drug-likeness (QED) is 0.181. The second-order valence-electron chi connectivity index (χ2n) is 11.2. The molecule has 4 aliphatic heterocycles. The summed E-state index contributed by atoms with van der Waals surface area (Å²) in [5.41, 5.74) is 0. The maximum absolute atomic E-state index is 10.5. The highest BCUT2D eigenvalue weighted by Gasteiger charge is 2.07. The van der Waals surface area contributed by atoms with Crippen LogP contribution in [0.2, 0.25) is 0 Å². The van der Waals surface area contributed by atoms with Crippen LogP contribution in [0.25, 0.3) is 0 Å². The Bertz CT molecular complexity index is 1210. The lowest BCUT2D eigenvalue weighted by Crippen LogP contribution is -3.00. The van der Waals surface area contributed by atoms with Gasteiger partial charge in [0.1, 0.15) is 40.4 Å². The van der Waals surface area contributed by atoms with Gasteiger partial charge in [-0.2, -0.15) is 0 Å². The van der Waals surface area contributed by atoms with Crippen molar-refractivity contribution in [2.24, 2.45) is 0 Å². The normalized spacial score (nSPS) is 15.1. The number of hydrogen-bond donors (Lipinski definition) is 0. The highest BCUT2D eigenvalue weighted by molar-refractivity contribution is 6.27. The Morgan fingerprint density at radius 2 is 0.740 bits per heavy atom. The molecule has 0 bridgehead atoms.